The van der Waals surface area contributed by atoms with E-state index in [1.807, 2.05) is 13.8 Å². The SMILES string of the molecule is CC(C)CNC(=O)CN(C)C(=O)c1cc(Cl)nc(Cl)c1. The molecule has 0 radical (unpaired) electrons. The topological polar surface area (TPSA) is 62.3 Å². The zero-order valence-corrected chi connectivity index (χ0v) is 13.1. The van der Waals surface area contributed by atoms with E-state index in [9.17, 15) is 9.59 Å². The molecule has 0 aliphatic heterocycles. The van der Waals surface area contributed by atoms with Crippen LogP contribution >= 0.6 is 23.2 Å². The summed E-state index contributed by atoms with van der Waals surface area (Å²) in [4.78, 5) is 28.9. The van der Waals surface area contributed by atoms with Gasteiger partial charge in [-0.1, -0.05) is 37.0 Å². The molecule has 1 aromatic rings. The number of nitrogens with zero attached hydrogens (tertiary/aromatic N) is 2. The molecule has 0 spiro atoms. The standard InChI is InChI=1S/C13H17Cl2N3O2/c1-8(2)6-16-12(19)7-18(3)13(20)9-4-10(14)17-11(15)5-9/h4-5,8H,6-7H2,1-3H3,(H,16,19). The highest BCUT2D eigenvalue weighted by Gasteiger charge is 2.16. The molecule has 7 heteroatoms. The highest BCUT2D eigenvalue weighted by Crippen LogP contribution is 2.15. The molecule has 2 amide bonds. The Morgan fingerprint density at radius 3 is 2.35 bits per heavy atom. The second kappa shape index (κ2) is 7.45. The fraction of sp³-hybridized carbons (Fsp3) is 0.462. The Hall–Kier alpha value is -1.33. The van der Waals surface area contributed by atoms with Gasteiger partial charge in [0.2, 0.25) is 5.91 Å². The van der Waals surface area contributed by atoms with Crippen molar-refractivity contribution < 1.29 is 9.59 Å². The van der Waals surface area contributed by atoms with Gasteiger partial charge in [-0.15, -0.1) is 0 Å². The molecular formula is C13H17Cl2N3O2. The van der Waals surface area contributed by atoms with E-state index in [-0.39, 0.29) is 28.7 Å². The minimum absolute atomic E-state index is 0.0247. The quantitative estimate of drug-likeness (QED) is 0.847. The van der Waals surface area contributed by atoms with Crippen LogP contribution in [0.5, 0.6) is 0 Å². The largest absolute Gasteiger partial charge is 0.354 e. The summed E-state index contributed by atoms with van der Waals surface area (Å²) in [6.07, 6.45) is 0. The maximum Gasteiger partial charge on any atom is 0.254 e. The van der Waals surface area contributed by atoms with Crippen molar-refractivity contribution in [2.45, 2.75) is 13.8 Å². The molecule has 1 N–H and O–H groups in total. The molecule has 0 saturated carbocycles. The first-order valence-electron chi connectivity index (χ1n) is 6.15. The van der Waals surface area contributed by atoms with Gasteiger partial charge < -0.3 is 10.2 Å². The molecule has 0 bridgehead atoms. The number of hydrogen-bond acceptors (Lipinski definition) is 3. The van der Waals surface area contributed by atoms with Crippen LogP contribution in [-0.4, -0.2) is 41.8 Å². The fourth-order valence-corrected chi connectivity index (χ4v) is 1.93. The van der Waals surface area contributed by atoms with Gasteiger partial charge in [-0.05, 0) is 18.1 Å². The molecule has 1 heterocycles. The van der Waals surface area contributed by atoms with E-state index in [0.29, 0.717) is 18.0 Å². The number of nitrogens with one attached hydrogen (secondary N) is 1. The van der Waals surface area contributed by atoms with E-state index in [4.69, 9.17) is 23.2 Å². The lowest BCUT2D eigenvalue weighted by Crippen LogP contribution is -2.39. The first-order valence-corrected chi connectivity index (χ1v) is 6.90. The van der Waals surface area contributed by atoms with E-state index >= 15 is 0 Å². The Balaban J connectivity index is 2.64. The summed E-state index contributed by atoms with van der Waals surface area (Å²) in [6.45, 7) is 4.54. The van der Waals surface area contributed by atoms with Gasteiger partial charge in [0.15, 0.2) is 0 Å². The number of aromatic nitrogens is 1. The Kier molecular flexibility index (Phi) is 6.23. The average molecular weight is 318 g/mol. The van der Waals surface area contributed by atoms with Crippen LogP contribution in [0.3, 0.4) is 0 Å². The summed E-state index contributed by atoms with van der Waals surface area (Å²) in [7, 11) is 1.54. The van der Waals surface area contributed by atoms with Crippen LogP contribution in [0.1, 0.15) is 24.2 Å². The minimum atomic E-state index is -0.337. The van der Waals surface area contributed by atoms with Gasteiger partial charge in [0.25, 0.3) is 5.91 Å². The smallest absolute Gasteiger partial charge is 0.254 e. The van der Waals surface area contributed by atoms with Gasteiger partial charge in [0, 0.05) is 19.2 Å². The van der Waals surface area contributed by atoms with E-state index < -0.39 is 0 Å². The number of halogens is 2. The average Bonchev–Trinajstić information content (AvgIpc) is 2.34. The molecule has 0 unspecified atom stereocenters. The summed E-state index contributed by atoms with van der Waals surface area (Å²) < 4.78 is 0. The number of pyridine rings is 1. The summed E-state index contributed by atoms with van der Waals surface area (Å²) >= 11 is 11.5. The van der Waals surface area contributed by atoms with E-state index in [1.165, 1.54) is 17.0 Å². The molecule has 110 valence electrons. The molecular weight excluding hydrogens is 301 g/mol. The van der Waals surface area contributed by atoms with E-state index in [0.717, 1.165) is 0 Å². The van der Waals surface area contributed by atoms with Crippen LogP contribution in [-0.2, 0) is 4.79 Å². The normalized spacial score (nSPS) is 10.5. The van der Waals surface area contributed by atoms with Gasteiger partial charge in [0.05, 0.1) is 6.54 Å². The zero-order valence-electron chi connectivity index (χ0n) is 11.6. The van der Waals surface area contributed by atoms with Crippen LogP contribution < -0.4 is 5.32 Å². The second-order valence-corrected chi connectivity index (χ2v) is 5.63. The highest BCUT2D eigenvalue weighted by molar-refractivity contribution is 6.33. The zero-order chi connectivity index (χ0) is 15.3. The molecule has 0 aliphatic rings. The number of carbonyl (C=O) groups is 2. The highest BCUT2D eigenvalue weighted by atomic mass is 35.5. The van der Waals surface area contributed by atoms with Crippen LogP contribution in [0.4, 0.5) is 0 Å². The molecule has 0 aliphatic carbocycles. The lowest BCUT2D eigenvalue weighted by Gasteiger charge is -2.17. The minimum Gasteiger partial charge on any atom is -0.354 e. The molecule has 0 atom stereocenters. The van der Waals surface area contributed by atoms with Crippen molar-refractivity contribution in [3.05, 3.63) is 28.0 Å². The molecule has 1 rings (SSSR count). The predicted molar refractivity (Wildman–Crippen MR) is 79.1 cm³/mol. The summed E-state index contributed by atoms with van der Waals surface area (Å²) in [5.41, 5.74) is 0.300. The number of rotatable bonds is 5. The van der Waals surface area contributed by atoms with Crippen molar-refractivity contribution in [3.8, 4) is 0 Å². The van der Waals surface area contributed by atoms with Gasteiger partial charge in [-0.25, -0.2) is 4.98 Å². The second-order valence-electron chi connectivity index (χ2n) is 4.86. The van der Waals surface area contributed by atoms with Gasteiger partial charge in [-0.3, -0.25) is 9.59 Å². The fourth-order valence-electron chi connectivity index (χ4n) is 1.47. The Labute approximate surface area is 128 Å². The molecule has 0 fully saturated rings. The van der Waals surface area contributed by atoms with Crippen molar-refractivity contribution in [2.24, 2.45) is 5.92 Å². The summed E-state index contributed by atoms with van der Waals surface area (Å²) in [5.74, 6) is -0.186. The maximum atomic E-state index is 12.1. The summed E-state index contributed by atoms with van der Waals surface area (Å²) in [6, 6.07) is 2.83. The Bertz CT molecular complexity index is 486. The van der Waals surface area contributed by atoms with Gasteiger partial charge >= 0.3 is 0 Å². The van der Waals surface area contributed by atoms with Crippen LogP contribution in [0.2, 0.25) is 10.3 Å². The molecule has 0 aromatic carbocycles. The third kappa shape index (κ3) is 5.35. The number of likely N-dealkylation sites (N-methyl/N-ethyl adjacent to an activating group) is 1. The van der Waals surface area contributed by atoms with Crippen molar-refractivity contribution >= 4 is 35.0 Å². The van der Waals surface area contributed by atoms with Crippen LogP contribution in [0.15, 0.2) is 12.1 Å². The van der Waals surface area contributed by atoms with Gasteiger partial charge in [0.1, 0.15) is 10.3 Å². The lowest BCUT2D eigenvalue weighted by atomic mass is 10.2. The first-order chi connectivity index (χ1) is 9.29. The third-order valence-electron chi connectivity index (χ3n) is 2.44. The number of carbonyl (C=O) groups excluding carboxylic acids is 2. The molecule has 5 nitrogen and oxygen atoms in total. The van der Waals surface area contributed by atoms with Crippen molar-refractivity contribution in [3.63, 3.8) is 0 Å². The number of amides is 2. The number of hydrogen-bond donors (Lipinski definition) is 1. The predicted octanol–water partition coefficient (Wildman–Crippen LogP) is 2.23. The molecule has 20 heavy (non-hydrogen) atoms. The maximum absolute atomic E-state index is 12.1. The van der Waals surface area contributed by atoms with Gasteiger partial charge in [-0.2, -0.15) is 0 Å². The van der Waals surface area contributed by atoms with Crippen molar-refractivity contribution in [1.82, 2.24) is 15.2 Å². The van der Waals surface area contributed by atoms with Crippen LogP contribution in [0, 0.1) is 5.92 Å². The molecule has 0 saturated heterocycles. The summed E-state index contributed by atoms with van der Waals surface area (Å²) in [5, 5.41) is 3.02. The monoisotopic (exact) mass is 317 g/mol. The van der Waals surface area contributed by atoms with E-state index in [1.54, 1.807) is 7.05 Å². The van der Waals surface area contributed by atoms with Crippen LogP contribution in [0.25, 0.3) is 0 Å². The Morgan fingerprint density at radius 2 is 1.85 bits per heavy atom. The lowest BCUT2D eigenvalue weighted by molar-refractivity contribution is -0.121. The van der Waals surface area contributed by atoms with E-state index in [2.05, 4.69) is 10.3 Å². The Morgan fingerprint density at radius 1 is 1.30 bits per heavy atom. The third-order valence-corrected chi connectivity index (χ3v) is 2.83. The van der Waals surface area contributed by atoms with Crippen molar-refractivity contribution in [1.29, 1.82) is 0 Å². The van der Waals surface area contributed by atoms with Crippen molar-refractivity contribution in [2.75, 3.05) is 20.1 Å². The molecule has 1 aromatic heterocycles. The first kappa shape index (κ1) is 16.7.